The van der Waals surface area contributed by atoms with Crippen molar-refractivity contribution in [2.24, 2.45) is 15.9 Å². The first-order valence-electron chi connectivity index (χ1n) is 5.44. The molecule has 0 aromatic rings. The molecular formula is C14H22N2. The topological polar surface area (TPSA) is 24.7 Å². The second-order valence-corrected chi connectivity index (χ2v) is 4.32. The third-order valence-corrected chi connectivity index (χ3v) is 2.08. The van der Waals surface area contributed by atoms with E-state index < -0.39 is 0 Å². The molecule has 0 N–H and O–H groups in total. The minimum Gasteiger partial charge on any atom is -0.266 e. The van der Waals surface area contributed by atoms with Gasteiger partial charge in [-0.1, -0.05) is 27.0 Å². The zero-order valence-electron chi connectivity index (χ0n) is 11.0. The lowest BCUT2D eigenvalue weighted by Gasteiger charge is -2.03. The normalized spacial score (nSPS) is 12.0. The predicted molar refractivity (Wildman–Crippen MR) is 74.2 cm³/mol. The van der Waals surface area contributed by atoms with Crippen LogP contribution in [-0.2, 0) is 0 Å². The number of aliphatic imine (C=N–C) groups is 2. The Bertz CT molecular complexity index is 351. The van der Waals surface area contributed by atoms with E-state index in [4.69, 9.17) is 0 Å². The quantitative estimate of drug-likeness (QED) is 0.489. The van der Waals surface area contributed by atoms with Gasteiger partial charge in [-0.25, -0.2) is 0 Å². The van der Waals surface area contributed by atoms with Crippen LogP contribution in [0.4, 0.5) is 0 Å². The predicted octanol–water partition coefficient (Wildman–Crippen LogP) is 4.17. The Labute approximate surface area is 99.2 Å². The minimum absolute atomic E-state index is 0.365. The summed E-state index contributed by atoms with van der Waals surface area (Å²) in [5.74, 6) is 0.365. The van der Waals surface area contributed by atoms with Crippen LogP contribution in [0.2, 0.25) is 0 Å². The summed E-state index contributed by atoms with van der Waals surface area (Å²) in [6.45, 7) is 17.8. The van der Waals surface area contributed by atoms with E-state index in [1.54, 1.807) is 6.21 Å². The molecule has 0 rings (SSSR count). The molecule has 0 unspecified atom stereocenters. The summed E-state index contributed by atoms with van der Waals surface area (Å²) < 4.78 is 0. The molecule has 0 aromatic heterocycles. The van der Waals surface area contributed by atoms with E-state index in [1.165, 1.54) is 0 Å². The summed E-state index contributed by atoms with van der Waals surface area (Å²) >= 11 is 0. The van der Waals surface area contributed by atoms with Crippen molar-refractivity contribution in [1.82, 2.24) is 0 Å². The van der Waals surface area contributed by atoms with Crippen LogP contribution >= 0.6 is 0 Å². The molecule has 0 amide bonds. The molecule has 0 fully saturated rings. The highest BCUT2D eigenvalue weighted by Crippen LogP contribution is 2.10. The van der Waals surface area contributed by atoms with Gasteiger partial charge < -0.3 is 0 Å². The van der Waals surface area contributed by atoms with Crippen molar-refractivity contribution in [3.63, 3.8) is 0 Å². The Balaban J connectivity index is 4.54. The van der Waals surface area contributed by atoms with E-state index in [-0.39, 0.29) is 0 Å². The van der Waals surface area contributed by atoms with Gasteiger partial charge in [0.05, 0.1) is 0 Å². The van der Waals surface area contributed by atoms with Crippen molar-refractivity contribution >= 4 is 11.9 Å². The van der Waals surface area contributed by atoms with E-state index in [2.05, 4.69) is 37.0 Å². The van der Waals surface area contributed by atoms with Crippen LogP contribution < -0.4 is 0 Å². The Morgan fingerprint density at radius 1 is 1.12 bits per heavy atom. The van der Waals surface area contributed by atoms with Gasteiger partial charge in [0.15, 0.2) is 0 Å². The van der Waals surface area contributed by atoms with Gasteiger partial charge in [0.1, 0.15) is 0 Å². The third-order valence-electron chi connectivity index (χ3n) is 2.08. The fourth-order valence-electron chi connectivity index (χ4n) is 0.721. The molecule has 0 spiro atoms. The monoisotopic (exact) mass is 218 g/mol. The van der Waals surface area contributed by atoms with Gasteiger partial charge in [-0.2, -0.15) is 0 Å². The second kappa shape index (κ2) is 6.94. The first kappa shape index (κ1) is 14.6. The molecule has 0 radical (unpaired) electrons. The Morgan fingerprint density at radius 2 is 1.69 bits per heavy atom. The lowest BCUT2D eigenvalue weighted by molar-refractivity contribution is 0.763. The highest BCUT2D eigenvalue weighted by molar-refractivity contribution is 5.84. The van der Waals surface area contributed by atoms with E-state index in [1.807, 2.05) is 27.0 Å². The minimum atomic E-state index is 0.365. The van der Waals surface area contributed by atoms with Gasteiger partial charge in [0.2, 0.25) is 0 Å². The average Bonchev–Trinajstić information content (AvgIpc) is 2.21. The fourth-order valence-corrected chi connectivity index (χ4v) is 0.721. The molecule has 0 saturated carbocycles. The van der Waals surface area contributed by atoms with Crippen molar-refractivity contribution in [3.8, 4) is 0 Å². The molecule has 16 heavy (non-hydrogen) atoms. The van der Waals surface area contributed by atoms with Crippen LogP contribution in [0.25, 0.3) is 0 Å². The molecule has 0 aromatic carbocycles. The number of nitrogens with zero attached hydrogens (tertiary/aromatic N) is 2. The van der Waals surface area contributed by atoms with Gasteiger partial charge >= 0.3 is 0 Å². The van der Waals surface area contributed by atoms with Crippen LogP contribution in [0.5, 0.6) is 0 Å². The van der Waals surface area contributed by atoms with Gasteiger partial charge in [0.25, 0.3) is 0 Å². The van der Waals surface area contributed by atoms with Crippen LogP contribution in [0.15, 0.2) is 46.2 Å². The highest BCUT2D eigenvalue weighted by atomic mass is 14.7. The van der Waals surface area contributed by atoms with Crippen LogP contribution in [-0.4, -0.2) is 11.9 Å². The zero-order chi connectivity index (χ0) is 12.7. The largest absolute Gasteiger partial charge is 0.266 e. The summed E-state index contributed by atoms with van der Waals surface area (Å²) in [5, 5.41) is 0. The van der Waals surface area contributed by atoms with Crippen LogP contribution in [0, 0.1) is 5.92 Å². The smallest absolute Gasteiger partial charge is 0.0357 e. The van der Waals surface area contributed by atoms with Gasteiger partial charge in [-0.15, -0.1) is 0 Å². The molecule has 0 bridgehead atoms. The molecule has 88 valence electrons. The summed E-state index contributed by atoms with van der Waals surface area (Å²) in [5.41, 5.74) is 3.77. The summed E-state index contributed by atoms with van der Waals surface area (Å²) in [6.07, 6.45) is 3.55. The Morgan fingerprint density at radius 3 is 2.12 bits per heavy atom. The summed E-state index contributed by atoms with van der Waals surface area (Å²) in [4.78, 5) is 8.48. The van der Waals surface area contributed by atoms with Crippen molar-refractivity contribution in [1.29, 1.82) is 0 Å². The van der Waals surface area contributed by atoms with Gasteiger partial charge in [-0.3, -0.25) is 9.98 Å². The van der Waals surface area contributed by atoms with Crippen LogP contribution in [0.1, 0.15) is 34.6 Å². The Hall–Kier alpha value is -1.44. The first-order chi connectivity index (χ1) is 7.34. The molecule has 0 heterocycles. The first-order valence-corrected chi connectivity index (χ1v) is 5.44. The Kier molecular flexibility index (Phi) is 6.31. The van der Waals surface area contributed by atoms with Gasteiger partial charge in [0, 0.05) is 23.8 Å². The molecule has 0 atom stereocenters. The lowest BCUT2D eigenvalue weighted by atomic mass is 10.1. The number of hydrogen-bond acceptors (Lipinski definition) is 2. The molecule has 0 aliphatic rings. The van der Waals surface area contributed by atoms with E-state index in [0.29, 0.717) is 5.92 Å². The molecule has 0 saturated heterocycles. The molecule has 0 aliphatic carbocycles. The van der Waals surface area contributed by atoms with Crippen molar-refractivity contribution < 1.29 is 0 Å². The maximum atomic E-state index is 4.26. The second-order valence-electron chi connectivity index (χ2n) is 4.32. The average molecular weight is 218 g/mol. The van der Waals surface area contributed by atoms with E-state index >= 15 is 0 Å². The molecule has 2 heteroatoms. The maximum absolute atomic E-state index is 4.26. The standard InChI is InChI=1S/C14H22N2/c1-10(2)14(7)16-9-13(6)12(5)8-15-11(3)4/h8-10H,6-7H2,1-5H3/b12-8+,16-9?. The van der Waals surface area contributed by atoms with E-state index in [9.17, 15) is 0 Å². The van der Waals surface area contributed by atoms with Gasteiger partial charge in [-0.05, 0) is 37.8 Å². The van der Waals surface area contributed by atoms with Crippen molar-refractivity contribution in [3.05, 3.63) is 36.2 Å². The number of hydrogen-bond donors (Lipinski definition) is 0. The molecular weight excluding hydrogens is 196 g/mol. The van der Waals surface area contributed by atoms with Crippen LogP contribution in [0.3, 0.4) is 0 Å². The third kappa shape index (κ3) is 6.12. The lowest BCUT2D eigenvalue weighted by Crippen LogP contribution is -1.91. The van der Waals surface area contributed by atoms with E-state index in [0.717, 1.165) is 22.6 Å². The highest BCUT2D eigenvalue weighted by Gasteiger charge is 1.97. The fraction of sp³-hybridized carbons (Fsp3) is 0.429. The van der Waals surface area contributed by atoms with Crippen molar-refractivity contribution in [2.45, 2.75) is 34.6 Å². The molecule has 0 aliphatic heterocycles. The number of rotatable bonds is 5. The number of allylic oxidation sites excluding steroid dienone is 3. The van der Waals surface area contributed by atoms with Crippen molar-refractivity contribution in [2.75, 3.05) is 0 Å². The summed E-state index contributed by atoms with van der Waals surface area (Å²) in [6, 6.07) is 0. The zero-order valence-corrected chi connectivity index (χ0v) is 11.0. The SMILES string of the molecule is C=C(C=NC(=C)C(C)C)/C(C)=C/N=C(C)C. The molecule has 2 nitrogen and oxygen atoms in total. The maximum Gasteiger partial charge on any atom is 0.0357 e. The summed E-state index contributed by atoms with van der Waals surface area (Å²) in [7, 11) is 0.